The molecule has 0 radical (unpaired) electrons. The van der Waals surface area contributed by atoms with Gasteiger partial charge in [-0.2, -0.15) is 0 Å². The van der Waals surface area contributed by atoms with Crippen LogP contribution in [0.2, 0.25) is 5.02 Å². The Kier molecular flexibility index (Phi) is 1.55. The predicted octanol–water partition coefficient (Wildman–Crippen LogP) is 2.26. The predicted molar refractivity (Wildman–Crippen MR) is 44.3 cm³/mol. The monoisotopic (exact) mass is 167 g/mol. The second-order valence-electron chi connectivity index (χ2n) is 2.34. The molecule has 0 spiro atoms. The molecule has 2 rings (SSSR count). The summed E-state index contributed by atoms with van der Waals surface area (Å²) in [6.07, 6.45) is 2.52. The molecule has 0 amide bonds. The highest BCUT2D eigenvalue weighted by atomic mass is 35.5. The van der Waals surface area contributed by atoms with Gasteiger partial charge in [-0.05, 0) is 18.2 Å². The zero-order valence-corrected chi connectivity index (χ0v) is 6.51. The second kappa shape index (κ2) is 2.55. The van der Waals surface area contributed by atoms with Crippen molar-refractivity contribution in [1.29, 1.82) is 0 Å². The van der Waals surface area contributed by atoms with Gasteiger partial charge in [0.1, 0.15) is 0 Å². The molecule has 1 aliphatic rings. The van der Waals surface area contributed by atoms with Gasteiger partial charge < -0.3 is 4.84 Å². The third kappa shape index (κ3) is 1.21. The number of nitrogens with zero attached hydrogens (tertiary/aromatic N) is 1. The lowest BCUT2D eigenvalue weighted by Crippen LogP contribution is -1.99. The van der Waals surface area contributed by atoms with Crippen LogP contribution in [0.1, 0.15) is 5.56 Å². The Morgan fingerprint density at radius 1 is 1.45 bits per heavy atom. The molecule has 0 saturated carbocycles. The zero-order valence-electron chi connectivity index (χ0n) is 5.75. The SMILES string of the molecule is Clc1ccc2c(c1)CC=NO2. The maximum Gasteiger partial charge on any atom is 0.161 e. The van der Waals surface area contributed by atoms with Gasteiger partial charge in [-0.25, -0.2) is 0 Å². The lowest BCUT2D eigenvalue weighted by atomic mass is 10.1. The maximum atomic E-state index is 5.78. The van der Waals surface area contributed by atoms with E-state index in [1.165, 1.54) is 0 Å². The van der Waals surface area contributed by atoms with E-state index in [0.717, 1.165) is 22.8 Å². The van der Waals surface area contributed by atoms with Crippen molar-refractivity contribution in [3.05, 3.63) is 28.8 Å². The summed E-state index contributed by atoms with van der Waals surface area (Å²) in [4.78, 5) is 4.99. The van der Waals surface area contributed by atoms with E-state index >= 15 is 0 Å². The average Bonchev–Trinajstić information content (AvgIpc) is 2.04. The van der Waals surface area contributed by atoms with Gasteiger partial charge >= 0.3 is 0 Å². The van der Waals surface area contributed by atoms with E-state index in [1.54, 1.807) is 12.3 Å². The molecule has 0 fully saturated rings. The Bertz CT molecular complexity index is 309. The largest absolute Gasteiger partial charge is 0.357 e. The van der Waals surface area contributed by atoms with Crippen LogP contribution in [0.25, 0.3) is 0 Å². The molecule has 0 aromatic heterocycles. The molecule has 2 nitrogen and oxygen atoms in total. The second-order valence-corrected chi connectivity index (χ2v) is 2.77. The van der Waals surface area contributed by atoms with Crippen molar-refractivity contribution in [3.63, 3.8) is 0 Å². The molecule has 0 bridgehead atoms. The molecule has 11 heavy (non-hydrogen) atoms. The van der Waals surface area contributed by atoms with Gasteiger partial charge in [0.2, 0.25) is 0 Å². The van der Waals surface area contributed by atoms with E-state index in [0.29, 0.717) is 0 Å². The third-order valence-corrected chi connectivity index (χ3v) is 1.79. The molecule has 0 atom stereocenters. The summed E-state index contributed by atoms with van der Waals surface area (Å²) in [5, 5.41) is 4.42. The van der Waals surface area contributed by atoms with Crippen LogP contribution in [-0.4, -0.2) is 6.21 Å². The fourth-order valence-electron chi connectivity index (χ4n) is 1.03. The Hall–Kier alpha value is -1.02. The molecule has 0 aliphatic carbocycles. The Morgan fingerprint density at radius 3 is 3.27 bits per heavy atom. The minimum atomic E-state index is 0.739. The van der Waals surface area contributed by atoms with Crippen LogP contribution < -0.4 is 4.84 Å². The zero-order chi connectivity index (χ0) is 7.68. The van der Waals surface area contributed by atoms with E-state index in [4.69, 9.17) is 16.4 Å². The molecule has 1 aromatic rings. The first kappa shape index (κ1) is 6.68. The summed E-state index contributed by atoms with van der Waals surface area (Å²) in [6.45, 7) is 0. The van der Waals surface area contributed by atoms with Crippen LogP contribution in [0.3, 0.4) is 0 Å². The molecule has 0 unspecified atom stereocenters. The number of rotatable bonds is 0. The van der Waals surface area contributed by atoms with Crippen LogP contribution in [0.15, 0.2) is 23.4 Å². The summed E-state index contributed by atoms with van der Waals surface area (Å²) in [6, 6.07) is 5.51. The minimum absolute atomic E-state index is 0.739. The molecule has 0 N–H and O–H groups in total. The van der Waals surface area contributed by atoms with Crippen LogP contribution >= 0.6 is 11.6 Å². The lowest BCUT2D eigenvalue weighted by Gasteiger charge is -2.08. The number of oxime groups is 1. The molecular weight excluding hydrogens is 162 g/mol. The van der Waals surface area contributed by atoms with Gasteiger partial charge in [-0.1, -0.05) is 16.8 Å². The highest BCUT2D eigenvalue weighted by Gasteiger charge is 2.06. The van der Waals surface area contributed by atoms with E-state index in [9.17, 15) is 0 Å². The highest BCUT2D eigenvalue weighted by Crippen LogP contribution is 2.24. The van der Waals surface area contributed by atoms with Gasteiger partial charge in [0, 0.05) is 23.2 Å². The van der Waals surface area contributed by atoms with E-state index < -0.39 is 0 Å². The standard InChI is InChI=1S/C8H6ClNO/c9-7-1-2-8-6(5-7)3-4-10-11-8/h1-2,4-5H,3H2. The number of fused-ring (bicyclic) bond motifs is 1. The van der Waals surface area contributed by atoms with Crippen molar-refractivity contribution in [2.75, 3.05) is 0 Å². The van der Waals surface area contributed by atoms with Crippen LogP contribution in [0.4, 0.5) is 0 Å². The van der Waals surface area contributed by atoms with Gasteiger partial charge in [0.25, 0.3) is 0 Å². The Balaban J connectivity index is 2.48. The fraction of sp³-hybridized carbons (Fsp3) is 0.125. The average molecular weight is 168 g/mol. The molecule has 3 heteroatoms. The van der Waals surface area contributed by atoms with Gasteiger partial charge in [0.15, 0.2) is 5.75 Å². The first-order chi connectivity index (χ1) is 5.36. The normalized spacial score (nSPS) is 13.9. The van der Waals surface area contributed by atoms with E-state index in [-0.39, 0.29) is 0 Å². The Morgan fingerprint density at radius 2 is 2.36 bits per heavy atom. The number of benzene rings is 1. The highest BCUT2D eigenvalue weighted by molar-refractivity contribution is 6.30. The van der Waals surface area contributed by atoms with Crippen molar-refractivity contribution < 1.29 is 4.84 Å². The maximum absolute atomic E-state index is 5.78. The van der Waals surface area contributed by atoms with Crippen molar-refractivity contribution >= 4 is 17.8 Å². The third-order valence-electron chi connectivity index (χ3n) is 1.56. The van der Waals surface area contributed by atoms with E-state index in [2.05, 4.69) is 5.16 Å². The minimum Gasteiger partial charge on any atom is -0.357 e. The van der Waals surface area contributed by atoms with Crippen LogP contribution in [-0.2, 0) is 6.42 Å². The van der Waals surface area contributed by atoms with Crippen LogP contribution in [0, 0.1) is 0 Å². The fourth-order valence-corrected chi connectivity index (χ4v) is 1.22. The quantitative estimate of drug-likeness (QED) is 0.581. The number of halogens is 1. The summed E-state index contributed by atoms with van der Waals surface area (Å²) in [5.74, 6) is 0.803. The summed E-state index contributed by atoms with van der Waals surface area (Å²) in [5.41, 5.74) is 1.09. The summed E-state index contributed by atoms with van der Waals surface area (Å²) in [7, 11) is 0. The molecule has 1 aliphatic heterocycles. The molecule has 1 heterocycles. The molecular formula is C8H6ClNO. The van der Waals surface area contributed by atoms with Crippen molar-refractivity contribution in [1.82, 2.24) is 0 Å². The van der Waals surface area contributed by atoms with Crippen molar-refractivity contribution in [3.8, 4) is 5.75 Å². The van der Waals surface area contributed by atoms with Gasteiger partial charge in [-0.3, -0.25) is 0 Å². The summed E-state index contributed by atoms with van der Waals surface area (Å²) < 4.78 is 0. The molecule has 0 saturated heterocycles. The molecule has 1 aromatic carbocycles. The van der Waals surface area contributed by atoms with Crippen molar-refractivity contribution in [2.24, 2.45) is 5.16 Å². The van der Waals surface area contributed by atoms with Gasteiger partial charge in [-0.15, -0.1) is 0 Å². The Labute approximate surface area is 69.4 Å². The number of hydrogen-bond acceptors (Lipinski definition) is 2. The topological polar surface area (TPSA) is 21.6 Å². The first-order valence-electron chi connectivity index (χ1n) is 3.33. The lowest BCUT2D eigenvalue weighted by molar-refractivity contribution is 0.334. The van der Waals surface area contributed by atoms with Crippen LogP contribution in [0.5, 0.6) is 5.75 Å². The van der Waals surface area contributed by atoms with E-state index in [1.807, 2.05) is 12.1 Å². The number of hydrogen-bond donors (Lipinski definition) is 0. The smallest absolute Gasteiger partial charge is 0.161 e. The van der Waals surface area contributed by atoms with Crippen molar-refractivity contribution in [2.45, 2.75) is 6.42 Å². The van der Waals surface area contributed by atoms with Gasteiger partial charge in [0.05, 0.1) is 0 Å². The summed E-state index contributed by atoms with van der Waals surface area (Å²) >= 11 is 5.78. The molecule has 56 valence electrons. The first-order valence-corrected chi connectivity index (χ1v) is 3.71.